The molecule has 2 aliphatic heterocycles. The average Bonchev–Trinajstić information content (AvgIpc) is 2.70. The Bertz CT molecular complexity index is 674. The lowest BCUT2D eigenvalue weighted by molar-refractivity contribution is -0.157. The number of alkyl halides is 1. The number of benzene rings is 1. The molecule has 1 aromatic carbocycles. The summed E-state index contributed by atoms with van der Waals surface area (Å²) in [7, 11) is 1.58. The second kappa shape index (κ2) is 5.90. The molecule has 124 valence electrons. The van der Waals surface area contributed by atoms with Gasteiger partial charge in [0.25, 0.3) is 5.91 Å². The molecule has 0 radical (unpaired) electrons. The largest absolute Gasteiger partial charge is 0.341 e. The van der Waals surface area contributed by atoms with Crippen LogP contribution in [0.3, 0.4) is 0 Å². The summed E-state index contributed by atoms with van der Waals surface area (Å²) in [5, 5.41) is 5.15. The quantitative estimate of drug-likeness (QED) is 0.635. The Morgan fingerprint density at radius 2 is 1.87 bits per heavy atom. The predicted molar refractivity (Wildman–Crippen MR) is 87.7 cm³/mol. The number of nitrogens with zero attached hydrogens (tertiary/aromatic N) is 1. The average molecular weight is 378 g/mol. The molecular formula is C15H15Cl3N2O3. The molecule has 0 bridgehead atoms. The molecule has 8 heteroatoms. The van der Waals surface area contributed by atoms with E-state index in [-0.39, 0.29) is 16.4 Å². The fourth-order valence-corrected chi connectivity index (χ4v) is 4.20. The van der Waals surface area contributed by atoms with Gasteiger partial charge in [-0.05, 0) is 25.0 Å². The molecule has 1 atom stereocenters. The molecule has 3 rings (SSSR count). The zero-order valence-electron chi connectivity index (χ0n) is 12.4. The number of Topliss-reactive ketones (excluding diaryl/α,β-unsaturated/α-hetero) is 1. The Kier molecular flexibility index (Phi) is 4.36. The van der Waals surface area contributed by atoms with Crippen molar-refractivity contribution in [1.82, 2.24) is 10.4 Å². The molecule has 1 N–H and O–H groups in total. The van der Waals surface area contributed by atoms with Gasteiger partial charge in [0.05, 0.1) is 7.11 Å². The molecule has 2 fully saturated rings. The fourth-order valence-electron chi connectivity index (χ4n) is 3.21. The van der Waals surface area contributed by atoms with E-state index in [9.17, 15) is 9.59 Å². The van der Waals surface area contributed by atoms with Crippen molar-refractivity contribution in [3.63, 3.8) is 0 Å². The molecule has 1 amide bonds. The molecule has 23 heavy (non-hydrogen) atoms. The van der Waals surface area contributed by atoms with Gasteiger partial charge >= 0.3 is 0 Å². The van der Waals surface area contributed by atoms with Gasteiger partial charge in [0.15, 0.2) is 5.78 Å². The first-order valence-corrected chi connectivity index (χ1v) is 8.28. The van der Waals surface area contributed by atoms with Gasteiger partial charge in [-0.1, -0.05) is 40.9 Å². The van der Waals surface area contributed by atoms with E-state index >= 15 is 0 Å². The van der Waals surface area contributed by atoms with Crippen LogP contribution >= 0.6 is 34.8 Å². The summed E-state index contributed by atoms with van der Waals surface area (Å²) in [6.45, 7) is 1.06. The van der Waals surface area contributed by atoms with E-state index < -0.39 is 16.3 Å². The lowest BCUT2D eigenvalue weighted by atomic mass is 9.80. The Morgan fingerprint density at radius 3 is 2.43 bits per heavy atom. The normalized spacial score (nSPS) is 27.5. The minimum atomic E-state index is -1.82. The molecule has 2 saturated heterocycles. The predicted octanol–water partition coefficient (Wildman–Crippen LogP) is 2.52. The van der Waals surface area contributed by atoms with Crippen LogP contribution in [-0.2, 0) is 19.3 Å². The second-order valence-electron chi connectivity index (χ2n) is 5.76. The molecule has 1 spiro atoms. The standard InChI is InChI=1S/C15H15Cl3N2O3/c1-23-20-6-4-14(5-7-20)12(21)15(18,13(22)19-14)10-3-2-9(16)8-11(10)17/h2-3,8H,4-7H2,1H3,(H,19,22). The van der Waals surface area contributed by atoms with E-state index in [1.54, 1.807) is 18.2 Å². The van der Waals surface area contributed by atoms with Gasteiger partial charge in [-0.15, -0.1) is 0 Å². The van der Waals surface area contributed by atoms with Gasteiger partial charge in [-0.2, -0.15) is 5.06 Å². The third-order valence-electron chi connectivity index (χ3n) is 4.55. The van der Waals surface area contributed by atoms with Crippen LogP contribution in [-0.4, -0.2) is 42.5 Å². The number of piperidine rings is 1. The summed E-state index contributed by atoms with van der Waals surface area (Å²) < 4.78 is 0. The van der Waals surface area contributed by atoms with E-state index in [0.29, 0.717) is 31.0 Å². The maximum absolute atomic E-state index is 13.1. The number of carbonyl (C=O) groups is 2. The van der Waals surface area contributed by atoms with Crippen LogP contribution in [0, 0.1) is 0 Å². The highest BCUT2D eigenvalue weighted by molar-refractivity contribution is 6.51. The number of nitrogens with one attached hydrogen (secondary N) is 1. The molecule has 0 saturated carbocycles. The fraction of sp³-hybridized carbons (Fsp3) is 0.467. The van der Waals surface area contributed by atoms with Crippen molar-refractivity contribution in [2.75, 3.05) is 20.2 Å². The van der Waals surface area contributed by atoms with Crippen LogP contribution in [0.15, 0.2) is 18.2 Å². The zero-order chi connectivity index (χ0) is 16.8. The monoisotopic (exact) mass is 376 g/mol. The summed E-state index contributed by atoms with van der Waals surface area (Å²) in [6, 6.07) is 4.56. The SMILES string of the molecule is CON1CCC2(CC1)NC(=O)C(Cl)(c1ccc(Cl)cc1Cl)C2=O. The molecule has 1 aromatic rings. The molecule has 0 aromatic heterocycles. The van der Waals surface area contributed by atoms with Crippen LogP contribution in [0.4, 0.5) is 0 Å². The number of hydrogen-bond donors (Lipinski definition) is 1. The van der Waals surface area contributed by atoms with Crippen molar-refractivity contribution in [2.24, 2.45) is 0 Å². The van der Waals surface area contributed by atoms with Crippen LogP contribution in [0.5, 0.6) is 0 Å². The smallest absolute Gasteiger partial charge is 0.254 e. The van der Waals surface area contributed by atoms with Gasteiger partial charge in [0.2, 0.25) is 4.87 Å². The van der Waals surface area contributed by atoms with Crippen molar-refractivity contribution < 1.29 is 14.4 Å². The van der Waals surface area contributed by atoms with E-state index in [2.05, 4.69) is 5.32 Å². The lowest BCUT2D eigenvalue weighted by Crippen LogP contribution is -2.54. The van der Waals surface area contributed by atoms with Crippen molar-refractivity contribution in [3.8, 4) is 0 Å². The Hall–Kier alpha value is -0.850. The van der Waals surface area contributed by atoms with Gasteiger partial charge in [-0.3, -0.25) is 9.59 Å². The summed E-state index contributed by atoms with van der Waals surface area (Å²) in [4.78, 5) is 29.0. The Morgan fingerprint density at radius 1 is 1.22 bits per heavy atom. The third-order valence-corrected chi connectivity index (χ3v) is 5.64. The third kappa shape index (κ3) is 2.55. The first-order valence-electron chi connectivity index (χ1n) is 7.14. The van der Waals surface area contributed by atoms with Crippen LogP contribution < -0.4 is 5.32 Å². The van der Waals surface area contributed by atoms with Crippen molar-refractivity contribution >= 4 is 46.5 Å². The van der Waals surface area contributed by atoms with Crippen molar-refractivity contribution in [1.29, 1.82) is 0 Å². The highest BCUT2D eigenvalue weighted by Gasteiger charge is 2.63. The number of hydroxylamine groups is 2. The minimum Gasteiger partial charge on any atom is -0.341 e. The Balaban J connectivity index is 1.98. The maximum atomic E-state index is 13.1. The molecule has 0 aliphatic carbocycles. The highest BCUT2D eigenvalue weighted by Crippen LogP contribution is 2.46. The number of hydrogen-bond acceptors (Lipinski definition) is 4. The number of halogens is 3. The van der Waals surface area contributed by atoms with E-state index in [1.807, 2.05) is 0 Å². The number of amides is 1. The summed E-state index contributed by atoms with van der Waals surface area (Å²) in [5.74, 6) is -0.907. The summed E-state index contributed by atoms with van der Waals surface area (Å²) in [6.07, 6.45) is 0.871. The van der Waals surface area contributed by atoms with Crippen molar-refractivity contribution in [3.05, 3.63) is 33.8 Å². The molecule has 1 unspecified atom stereocenters. The Labute approximate surface area is 148 Å². The zero-order valence-corrected chi connectivity index (χ0v) is 14.6. The van der Waals surface area contributed by atoms with Crippen molar-refractivity contribution in [2.45, 2.75) is 23.3 Å². The highest BCUT2D eigenvalue weighted by atomic mass is 35.5. The topological polar surface area (TPSA) is 58.6 Å². The molecule has 2 heterocycles. The number of ketones is 1. The van der Waals surface area contributed by atoms with Gasteiger partial charge in [-0.25, -0.2) is 0 Å². The van der Waals surface area contributed by atoms with Gasteiger partial charge in [0.1, 0.15) is 5.54 Å². The molecular weight excluding hydrogens is 363 g/mol. The number of carbonyl (C=O) groups excluding carboxylic acids is 2. The lowest BCUT2D eigenvalue weighted by Gasteiger charge is -2.37. The van der Waals surface area contributed by atoms with Crippen LogP contribution in [0.25, 0.3) is 0 Å². The summed E-state index contributed by atoms with van der Waals surface area (Å²) in [5.41, 5.74) is -0.713. The van der Waals surface area contributed by atoms with E-state index in [1.165, 1.54) is 12.1 Å². The van der Waals surface area contributed by atoms with Gasteiger partial charge < -0.3 is 10.2 Å². The maximum Gasteiger partial charge on any atom is 0.254 e. The van der Waals surface area contributed by atoms with Crippen LogP contribution in [0.1, 0.15) is 18.4 Å². The second-order valence-corrected chi connectivity index (χ2v) is 7.17. The first-order chi connectivity index (χ1) is 10.8. The molecule has 5 nitrogen and oxygen atoms in total. The number of rotatable bonds is 2. The van der Waals surface area contributed by atoms with Gasteiger partial charge in [0, 0.05) is 28.7 Å². The summed E-state index contributed by atoms with van der Waals surface area (Å²) >= 11 is 18.6. The molecule has 2 aliphatic rings. The first kappa shape index (κ1) is 17.0. The van der Waals surface area contributed by atoms with Crippen LogP contribution in [0.2, 0.25) is 10.0 Å². The minimum absolute atomic E-state index is 0.197. The van der Waals surface area contributed by atoms with E-state index in [0.717, 1.165) is 0 Å². The van der Waals surface area contributed by atoms with E-state index in [4.69, 9.17) is 39.6 Å².